The highest BCUT2D eigenvalue weighted by Gasteiger charge is 2.03. The first-order valence-corrected chi connectivity index (χ1v) is 8.44. The second kappa shape index (κ2) is 9.96. The number of imidazole rings is 1. The van der Waals surface area contributed by atoms with Crippen LogP contribution >= 0.6 is 24.0 Å². The SMILES string of the molecule is CCc1ccc(NC(N)=NCc2nccn2Cc2ccccc2)cc1.I. The van der Waals surface area contributed by atoms with Gasteiger partial charge in [0.1, 0.15) is 12.4 Å². The van der Waals surface area contributed by atoms with E-state index < -0.39 is 0 Å². The van der Waals surface area contributed by atoms with Gasteiger partial charge in [-0.15, -0.1) is 24.0 Å². The van der Waals surface area contributed by atoms with E-state index in [-0.39, 0.29) is 24.0 Å². The number of aliphatic imine (C=N–C) groups is 1. The number of benzene rings is 2. The van der Waals surface area contributed by atoms with Gasteiger partial charge in [0, 0.05) is 24.6 Å². The van der Waals surface area contributed by atoms with Crippen molar-refractivity contribution in [3.8, 4) is 0 Å². The molecular formula is C20H24IN5. The Balaban J connectivity index is 0.00000243. The molecule has 3 aromatic rings. The van der Waals surface area contributed by atoms with Crippen LogP contribution in [-0.4, -0.2) is 15.5 Å². The predicted octanol–water partition coefficient (Wildman–Crippen LogP) is 4.04. The summed E-state index contributed by atoms with van der Waals surface area (Å²) < 4.78 is 2.09. The van der Waals surface area contributed by atoms with Crippen molar-refractivity contribution in [2.75, 3.05) is 5.32 Å². The van der Waals surface area contributed by atoms with Crippen molar-refractivity contribution in [1.82, 2.24) is 9.55 Å². The average Bonchev–Trinajstić information content (AvgIpc) is 3.08. The molecule has 0 radical (unpaired) electrons. The zero-order valence-electron chi connectivity index (χ0n) is 14.8. The molecule has 0 bridgehead atoms. The fraction of sp³-hybridized carbons (Fsp3) is 0.200. The van der Waals surface area contributed by atoms with Gasteiger partial charge in [0.15, 0.2) is 5.96 Å². The molecule has 136 valence electrons. The van der Waals surface area contributed by atoms with Crippen LogP contribution in [0.15, 0.2) is 72.0 Å². The second-order valence-corrected chi connectivity index (χ2v) is 5.83. The fourth-order valence-electron chi connectivity index (χ4n) is 2.58. The maximum absolute atomic E-state index is 6.00. The van der Waals surface area contributed by atoms with Crippen molar-refractivity contribution in [2.24, 2.45) is 10.7 Å². The summed E-state index contributed by atoms with van der Waals surface area (Å²) in [5, 5.41) is 3.12. The van der Waals surface area contributed by atoms with E-state index >= 15 is 0 Å². The summed E-state index contributed by atoms with van der Waals surface area (Å²) in [6, 6.07) is 18.5. The highest BCUT2D eigenvalue weighted by molar-refractivity contribution is 14.0. The molecule has 3 rings (SSSR count). The molecule has 6 heteroatoms. The molecule has 0 spiro atoms. The summed E-state index contributed by atoms with van der Waals surface area (Å²) in [7, 11) is 0. The molecular weight excluding hydrogens is 437 g/mol. The minimum absolute atomic E-state index is 0. The van der Waals surface area contributed by atoms with Crippen molar-refractivity contribution >= 4 is 35.6 Å². The first-order chi connectivity index (χ1) is 12.2. The summed E-state index contributed by atoms with van der Waals surface area (Å²) in [5.74, 6) is 1.27. The van der Waals surface area contributed by atoms with Crippen molar-refractivity contribution in [3.63, 3.8) is 0 Å². The Morgan fingerprint density at radius 3 is 2.50 bits per heavy atom. The maximum Gasteiger partial charge on any atom is 0.193 e. The molecule has 0 aliphatic heterocycles. The van der Waals surface area contributed by atoms with E-state index in [2.05, 4.69) is 51.0 Å². The lowest BCUT2D eigenvalue weighted by Gasteiger charge is -2.08. The van der Waals surface area contributed by atoms with Gasteiger partial charge in [0.25, 0.3) is 0 Å². The van der Waals surface area contributed by atoms with Crippen LogP contribution in [0.2, 0.25) is 0 Å². The Bertz CT molecular complexity index is 825. The largest absolute Gasteiger partial charge is 0.370 e. The van der Waals surface area contributed by atoms with Crippen LogP contribution in [0.4, 0.5) is 5.69 Å². The van der Waals surface area contributed by atoms with Crippen LogP contribution in [0, 0.1) is 0 Å². The van der Waals surface area contributed by atoms with E-state index in [1.807, 2.05) is 36.5 Å². The van der Waals surface area contributed by atoms with Gasteiger partial charge in [0.05, 0.1) is 0 Å². The van der Waals surface area contributed by atoms with E-state index in [9.17, 15) is 0 Å². The zero-order valence-corrected chi connectivity index (χ0v) is 17.1. The maximum atomic E-state index is 6.00. The van der Waals surface area contributed by atoms with Crippen LogP contribution in [0.1, 0.15) is 23.9 Å². The number of aromatic nitrogens is 2. The zero-order chi connectivity index (χ0) is 17.5. The summed E-state index contributed by atoms with van der Waals surface area (Å²) in [4.78, 5) is 8.79. The molecule has 0 fully saturated rings. The highest BCUT2D eigenvalue weighted by Crippen LogP contribution is 2.10. The van der Waals surface area contributed by atoms with Gasteiger partial charge >= 0.3 is 0 Å². The normalized spacial score (nSPS) is 11.0. The van der Waals surface area contributed by atoms with E-state index in [0.29, 0.717) is 12.5 Å². The summed E-state index contributed by atoms with van der Waals surface area (Å²) in [6.45, 7) is 3.35. The molecule has 0 atom stereocenters. The number of nitrogens with zero attached hydrogens (tertiary/aromatic N) is 3. The number of hydrogen-bond donors (Lipinski definition) is 2. The first-order valence-electron chi connectivity index (χ1n) is 8.44. The molecule has 1 heterocycles. The fourth-order valence-corrected chi connectivity index (χ4v) is 2.58. The Hall–Kier alpha value is -2.35. The van der Waals surface area contributed by atoms with Crippen LogP contribution in [0.5, 0.6) is 0 Å². The molecule has 2 aromatic carbocycles. The molecule has 0 saturated carbocycles. The van der Waals surface area contributed by atoms with Crippen LogP contribution in [-0.2, 0) is 19.5 Å². The standard InChI is InChI=1S/C20H23N5.HI/c1-2-16-8-10-18(11-9-16)24-20(21)23-14-19-22-12-13-25(19)15-17-6-4-3-5-7-17;/h3-13H,2,14-15H2,1H3,(H3,21,23,24);1H. The monoisotopic (exact) mass is 461 g/mol. The molecule has 5 nitrogen and oxygen atoms in total. The quantitative estimate of drug-likeness (QED) is 0.331. The van der Waals surface area contributed by atoms with Gasteiger partial charge < -0.3 is 15.6 Å². The van der Waals surface area contributed by atoms with Gasteiger partial charge in [-0.05, 0) is 29.7 Å². The Kier molecular flexibility index (Phi) is 7.65. The number of nitrogens with two attached hydrogens (primary N) is 1. The number of hydrogen-bond acceptors (Lipinski definition) is 2. The lowest BCUT2D eigenvalue weighted by Crippen LogP contribution is -2.22. The minimum Gasteiger partial charge on any atom is -0.370 e. The highest BCUT2D eigenvalue weighted by atomic mass is 127. The summed E-state index contributed by atoms with van der Waals surface area (Å²) >= 11 is 0. The first kappa shape index (κ1) is 20.0. The van der Waals surface area contributed by atoms with Crippen LogP contribution in [0.3, 0.4) is 0 Å². The van der Waals surface area contributed by atoms with Crippen LogP contribution in [0.25, 0.3) is 0 Å². The number of anilines is 1. The molecule has 0 amide bonds. The third-order valence-electron chi connectivity index (χ3n) is 4.02. The minimum atomic E-state index is 0. The van der Waals surface area contributed by atoms with Crippen molar-refractivity contribution in [3.05, 3.63) is 83.9 Å². The molecule has 0 aliphatic rings. The van der Waals surface area contributed by atoms with E-state index in [1.54, 1.807) is 6.20 Å². The smallest absolute Gasteiger partial charge is 0.193 e. The van der Waals surface area contributed by atoms with Gasteiger partial charge in [0.2, 0.25) is 0 Å². The third-order valence-corrected chi connectivity index (χ3v) is 4.02. The van der Waals surface area contributed by atoms with Crippen LogP contribution < -0.4 is 11.1 Å². The van der Waals surface area contributed by atoms with Crippen molar-refractivity contribution in [1.29, 1.82) is 0 Å². The predicted molar refractivity (Wildman–Crippen MR) is 118 cm³/mol. The van der Waals surface area contributed by atoms with Crippen molar-refractivity contribution in [2.45, 2.75) is 26.4 Å². The van der Waals surface area contributed by atoms with E-state index in [0.717, 1.165) is 24.5 Å². The Morgan fingerprint density at radius 2 is 1.81 bits per heavy atom. The lowest BCUT2D eigenvalue weighted by molar-refractivity contribution is 0.724. The molecule has 26 heavy (non-hydrogen) atoms. The topological polar surface area (TPSA) is 68.2 Å². The average molecular weight is 461 g/mol. The Labute approximate surface area is 171 Å². The Morgan fingerprint density at radius 1 is 1.08 bits per heavy atom. The summed E-state index contributed by atoms with van der Waals surface area (Å²) in [6.07, 6.45) is 4.78. The summed E-state index contributed by atoms with van der Waals surface area (Å²) in [5.41, 5.74) is 9.46. The number of nitrogens with one attached hydrogen (secondary N) is 1. The third kappa shape index (κ3) is 5.59. The second-order valence-electron chi connectivity index (χ2n) is 5.83. The molecule has 3 N–H and O–H groups in total. The van der Waals surface area contributed by atoms with Gasteiger partial charge in [-0.3, -0.25) is 0 Å². The van der Waals surface area contributed by atoms with Crippen molar-refractivity contribution < 1.29 is 0 Å². The number of halogens is 1. The number of guanidine groups is 1. The van der Waals surface area contributed by atoms with Gasteiger partial charge in [-0.25, -0.2) is 9.98 Å². The van der Waals surface area contributed by atoms with E-state index in [1.165, 1.54) is 11.1 Å². The number of rotatable bonds is 6. The molecule has 0 aliphatic carbocycles. The molecule has 1 aromatic heterocycles. The van der Waals surface area contributed by atoms with Gasteiger partial charge in [-0.2, -0.15) is 0 Å². The molecule has 0 saturated heterocycles. The van der Waals surface area contributed by atoms with Gasteiger partial charge in [-0.1, -0.05) is 49.4 Å². The van der Waals surface area contributed by atoms with E-state index in [4.69, 9.17) is 5.73 Å². The number of aryl methyl sites for hydroxylation is 1. The molecule has 0 unspecified atom stereocenters. The lowest BCUT2D eigenvalue weighted by atomic mass is 10.1.